The Labute approximate surface area is 132 Å². The van der Waals surface area contributed by atoms with Crippen molar-refractivity contribution in [3.63, 3.8) is 0 Å². The minimum Gasteiger partial charge on any atom is -0.342 e. The van der Waals surface area contributed by atoms with Gasteiger partial charge in [0.1, 0.15) is 18.4 Å². The summed E-state index contributed by atoms with van der Waals surface area (Å²) in [6, 6.07) is 1.43. The minimum absolute atomic E-state index is 0.00397. The van der Waals surface area contributed by atoms with Crippen LogP contribution in [0, 0.1) is 11.2 Å². The first-order chi connectivity index (χ1) is 9.61. The summed E-state index contributed by atoms with van der Waals surface area (Å²) in [6.45, 7) is 5.32. The highest BCUT2D eigenvalue weighted by Gasteiger charge is 2.41. The number of nitrogens with one attached hydrogen (secondary N) is 1. The molecule has 1 heterocycles. The number of amides is 2. The molecule has 2 rings (SSSR count). The lowest BCUT2D eigenvalue weighted by atomic mass is 9.84. The fraction of sp³-hybridized carbons (Fsp3) is 0.429. The normalized spacial score (nSPS) is 19.7. The molecule has 2 amide bonds. The third-order valence-electron chi connectivity index (χ3n) is 3.24. The second-order valence-corrected chi connectivity index (χ2v) is 6.82. The fourth-order valence-corrected chi connectivity index (χ4v) is 2.88. The van der Waals surface area contributed by atoms with Gasteiger partial charge in [-0.05, 0) is 17.5 Å². The Kier molecular flexibility index (Phi) is 4.17. The monoisotopic (exact) mass is 332 g/mol. The second kappa shape index (κ2) is 5.46. The Hall–Kier alpha value is -1.33. The van der Waals surface area contributed by atoms with Crippen molar-refractivity contribution in [1.29, 1.82) is 0 Å². The number of benzene rings is 1. The van der Waals surface area contributed by atoms with Crippen LogP contribution in [0.25, 0.3) is 0 Å². The van der Waals surface area contributed by atoms with Gasteiger partial charge in [-0.3, -0.25) is 14.5 Å². The topological polar surface area (TPSA) is 49.4 Å². The van der Waals surface area contributed by atoms with Gasteiger partial charge in [0.25, 0.3) is 5.91 Å². The molecule has 1 saturated heterocycles. The standard InChI is InChI=1S/C14H15Cl2FN2O2/c1-14(2,3)12-13(21)19(6-10(20)18-12)11-8(15)4-7(17)5-9(11)16/h4-5,12H,6H2,1-3H3,(H,18,20). The predicted molar refractivity (Wildman–Crippen MR) is 80.2 cm³/mol. The van der Waals surface area contributed by atoms with Crippen LogP contribution in [0.3, 0.4) is 0 Å². The molecule has 1 fully saturated rings. The lowest BCUT2D eigenvalue weighted by molar-refractivity contribution is -0.133. The van der Waals surface area contributed by atoms with Crippen LogP contribution in [-0.4, -0.2) is 24.4 Å². The first kappa shape index (κ1) is 16.0. The third-order valence-corrected chi connectivity index (χ3v) is 3.81. The molecule has 0 aromatic heterocycles. The van der Waals surface area contributed by atoms with Crippen LogP contribution < -0.4 is 10.2 Å². The Morgan fingerprint density at radius 3 is 2.24 bits per heavy atom. The van der Waals surface area contributed by atoms with Crippen LogP contribution >= 0.6 is 23.2 Å². The smallest absolute Gasteiger partial charge is 0.250 e. The summed E-state index contributed by atoms with van der Waals surface area (Å²) >= 11 is 12.0. The summed E-state index contributed by atoms with van der Waals surface area (Å²) in [7, 11) is 0. The molecule has 1 aromatic carbocycles. The van der Waals surface area contributed by atoms with E-state index in [0.29, 0.717) is 0 Å². The van der Waals surface area contributed by atoms with Crippen molar-refractivity contribution in [3.8, 4) is 0 Å². The van der Waals surface area contributed by atoms with E-state index in [-0.39, 0.29) is 34.1 Å². The molecular formula is C14H15Cl2FN2O2. The zero-order valence-electron chi connectivity index (χ0n) is 11.8. The zero-order valence-corrected chi connectivity index (χ0v) is 13.3. The largest absolute Gasteiger partial charge is 0.342 e. The van der Waals surface area contributed by atoms with Gasteiger partial charge in [-0.1, -0.05) is 44.0 Å². The minimum atomic E-state index is -0.698. The first-order valence-corrected chi connectivity index (χ1v) is 7.12. The summed E-state index contributed by atoms with van der Waals surface area (Å²) in [5, 5.41) is 2.66. The number of carbonyl (C=O) groups is 2. The molecule has 1 aliphatic heterocycles. The van der Waals surface area contributed by atoms with E-state index in [4.69, 9.17) is 23.2 Å². The van der Waals surface area contributed by atoms with Gasteiger partial charge in [0, 0.05) is 0 Å². The van der Waals surface area contributed by atoms with Crippen molar-refractivity contribution >= 4 is 40.7 Å². The highest BCUT2D eigenvalue weighted by molar-refractivity contribution is 6.40. The van der Waals surface area contributed by atoms with E-state index in [0.717, 1.165) is 12.1 Å². The van der Waals surface area contributed by atoms with Crippen LogP contribution in [0.15, 0.2) is 12.1 Å². The Bertz CT molecular complexity index is 590. The number of piperazine rings is 1. The summed E-state index contributed by atoms with van der Waals surface area (Å²) in [6.07, 6.45) is 0. The van der Waals surface area contributed by atoms with Crippen molar-refractivity contribution in [3.05, 3.63) is 28.0 Å². The van der Waals surface area contributed by atoms with Gasteiger partial charge in [0.15, 0.2) is 0 Å². The Morgan fingerprint density at radius 1 is 1.24 bits per heavy atom. The highest BCUT2D eigenvalue weighted by atomic mass is 35.5. The van der Waals surface area contributed by atoms with Gasteiger partial charge in [0.05, 0.1) is 15.7 Å². The summed E-state index contributed by atoms with van der Waals surface area (Å²) in [5.74, 6) is -1.24. The maximum atomic E-state index is 13.3. The number of carbonyl (C=O) groups excluding carboxylic acids is 2. The molecule has 1 atom stereocenters. The molecule has 0 radical (unpaired) electrons. The zero-order chi connectivity index (χ0) is 15.9. The highest BCUT2D eigenvalue weighted by Crippen LogP contribution is 2.37. The summed E-state index contributed by atoms with van der Waals surface area (Å²) in [4.78, 5) is 25.7. The molecule has 1 N–H and O–H groups in total. The Balaban J connectivity index is 2.48. The predicted octanol–water partition coefficient (Wildman–Crippen LogP) is 3.01. The molecule has 4 nitrogen and oxygen atoms in total. The number of halogens is 3. The molecule has 7 heteroatoms. The van der Waals surface area contributed by atoms with Gasteiger partial charge in [-0.15, -0.1) is 0 Å². The summed E-state index contributed by atoms with van der Waals surface area (Å²) < 4.78 is 13.3. The van der Waals surface area contributed by atoms with E-state index in [1.807, 2.05) is 20.8 Å². The van der Waals surface area contributed by atoms with Crippen LogP contribution in [0.4, 0.5) is 10.1 Å². The molecule has 0 saturated carbocycles. The fourth-order valence-electron chi connectivity index (χ4n) is 2.21. The SMILES string of the molecule is CC(C)(C)C1NC(=O)CN(c2c(Cl)cc(F)cc2Cl)C1=O. The van der Waals surface area contributed by atoms with E-state index in [1.54, 1.807) is 0 Å². The van der Waals surface area contributed by atoms with Crippen molar-refractivity contribution in [2.45, 2.75) is 26.8 Å². The van der Waals surface area contributed by atoms with Crippen LogP contribution in [-0.2, 0) is 9.59 Å². The van der Waals surface area contributed by atoms with E-state index in [9.17, 15) is 14.0 Å². The van der Waals surface area contributed by atoms with E-state index >= 15 is 0 Å². The van der Waals surface area contributed by atoms with Crippen molar-refractivity contribution in [2.24, 2.45) is 5.41 Å². The molecule has 114 valence electrons. The quantitative estimate of drug-likeness (QED) is 0.859. The van der Waals surface area contributed by atoms with Crippen LogP contribution in [0.2, 0.25) is 10.0 Å². The Morgan fingerprint density at radius 2 is 1.76 bits per heavy atom. The first-order valence-electron chi connectivity index (χ1n) is 6.36. The van der Waals surface area contributed by atoms with Gasteiger partial charge >= 0.3 is 0 Å². The maximum absolute atomic E-state index is 13.3. The maximum Gasteiger partial charge on any atom is 0.250 e. The van der Waals surface area contributed by atoms with E-state index in [1.165, 1.54) is 4.90 Å². The molecular weight excluding hydrogens is 318 g/mol. The van der Waals surface area contributed by atoms with Gasteiger partial charge < -0.3 is 5.32 Å². The second-order valence-electron chi connectivity index (χ2n) is 6.01. The molecule has 1 aromatic rings. The molecule has 0 spiro atoms. The van der Waals surface area contributed by atoms with Gasteiger partial charge in [-0.2, -0.15) is 0 Å². The third kappa shape index (κ3) is 3.14. The molecule has 21 heavy (non-hydrogen) atoms. The average molecular weight is 333 g/mol. The van der Waals surface area contributed by atoms with Crippen LogP contribution in [0.1, 0.15) is 20.8 Å². The summed E-state index contributed by atoms with van der Waals surface area (Å²) in [5.41, 5.74) is -0.307. The van der Waals surface area contributed by atoms with Crippen molar-refractivity contribution < 1.29 is 14.0 Å². The van der Waals surface area contributed by atoms with Crippen molar-refractivity contribution in [1.82, 2.24) is 5.32 Å². The molecule has 1 aliphatic rings. The van der Waals surface area contributed by atoms with E-state index in [2.05, 4.69) is 5.32 Å². The molecule has 1 unspecified atom stereocenters. The number of nitrogens with zero attached hydrogens (tertiary/aromatic N) is 1. The van der Waals surface area contributed by atoms with Gasteiger partial charge in [-0.25, -0.2) is 4.39 Å². The lowest BCUT2D eigenvalue weighted by Gasteiger charge is -2.39. The lowest BCUT2D eigenvalue weighted by Crippen LogP contribution is -2.62. The number of hydrogen-bond donors (Lipinski definition) is 1. The number of anilines is 1. The van der Waals surface area contributed by atoms with E-state index < -0.39 is 17.3 Å². The van der Waals surface area contributed by atoms with Gasteiger partial charge in [0.2, 0.25) is 5.91 Å². The molecule has 0 bridgehead atoms. The number of rotatable bonds is 1. The number of hydrogen-bond acceptors (Lipinski definition) is 2. The average Bonchev–Trinajstić information content (AvgIpc) is 2.30. The van der Waals surface area contributed by atoms with Crippen LogP contribution in [0.5, 0.6) is 0 Å². The van der Waals surface area contributed by atoms with Crippen molar-refractivity contribution in [2.75, 3.05) is 11.4 Å². The molecule has 0 aliphatic carbocycles.